The van der Waals surface area contributed by atoms with E-state index in [9.17, 15) is 4.79 Å². The molecule has 0 radical (unpaired) electrons. The van der Waals surface area contributed by atoms with E-state index in [4.69, 9.17) is 15.6 Å². The van der Waals surface area contributed by atoms with E-state index < -0.39 is 5.97 Å². The monoisotopic (exact) mass is 211 g/mol. The Bertz CT molecular complexity index is 330. The van der Waals surface area contributed by atoms with E-state index >= 15 is 0 Å². The van der Waals surface area contributed by atoms with E-state index in [2.05, 4.69) is 9.97 Å². The molecular formula is C9H13N3O3. The van der Waals surface area contributed by atoms with Gasteiger partial charge in [0.2, 0.25) is 0 Å². The van der Waals surface area contributed by atoms with Crippen LogP contribution >= 0.6 is 0 Å². The normalized spacial score (nSPS) is 9.87. The lowest BCUT2D eigenvalue weighted by atomic mass is 10.2. The Morgan fingerprint density at radius 2 is 2.33 bits per heavy atom. The lowest BCUT2D eigenvalue weighted by Crippen LogP contribution is -2.03. The first kappa shape index (κ1) is 11.2. The van der Waals surface area contributed by atoms with E-state index in [1.54, 1.807) is 6.07 Å². The van der Waals surface area contributed by atoms with Gasteiger partial charge in [0.05, 0.1) is 6.61 Å². The van der Waals surface area contributed by atoms with Crippen molar-refractivity contribution in [2.45, 2.75) is 19.3 Å². The van der Waals surface area contributed by atoms with Crippen LogP contribution in [0.3, 0.4) is 0 Å². The molecule has 1 aromatic rings. The molecule has 0 atom stereocenters. The van der Waals surface area contributed by atoms with Gasteiger partial charge in [-0.05, 0) is 18.9 Å². The number of carboxylic acids is 1. The highest BCUT2D eigenvalue weighted by Gasteiger charge is 1.99. The molecule has 0 aliphatic rings. The standard InChI is InChI=1S/C9H13N3O3/c10-7-4-5-11-9(12-7)15-6-2-1-3-8(13)14/h4-5H,1-3,6H2,(H,13,14)(H2,10,11,12). The van der Waals surface area contributed by atoms with E-state index in [0.717, 1.165) is 0 Å². The van der Waals surface area contributed by atoms with Crippen LogP contribution in [0.1, 0.15) is 19.3 Å². The molecule has 6 heteroatoms. The zero-order valence-corrected chi connectivity index (χ0v) is 8.22. The fourth-order valence-corrected chi connectivity index (χ4v) is 0.965. The Hall–Kier alpha value is -1.85. The molecule has 0 aromatic carbocycles. The number of hydrogen-bond acceptors (Lipinski definition) is 5. The highest BCUT2D eigenvalue weighted by atomic mass is 16.5. The molecule has 1 rings (SSSR count). The van der Waals surface area contributed by atoms with Gasteiger partial charge >= 0.3 is 12.0 Å². The number of rotatable bonds is 6. The SMILES string of the molecule is Nc1ccnc(OCCCCC(=O)O)n1. The van der Waals surface area contributed by atoms with Crippen LogP contribution in [0.25, 0.3) is 0 Å². The van der Waals surface area contributed by atoms with Crippen molar-refractivity contribution in [3.63, 3.8) is 0 Å². The zero-order chi connectivity index (χ0) is 11.1. The summed E-state index contributed by atoms with van der Waals surface area (Å²) in [5, 5.41) is 8.38. The molecule has 0 unspecified atom stereocenters. The van der Waals surface area contributed by atoms with Crippen molar-refractivity contribution in [3.05, 3.63) is 12.3 Å². The van der Waals surface area contributed by atoms with Crippen molar-refractivity contribution < 1.29 is 14.6 Å². The van der Waals surface area contributed by atoms with Crippen molar-refractivity contribution in [1.29, 1.82) is 0 Å². The second-order valence-corrected chi connectivity index (χ2v) is 2.96. The summed E-state index contributed by atoms with van der Waals surface area (Å²) in [4.78, 5) is 17.9. The summed E-state index contributed by atoms with van der Waals surface area (Å²) >= 11 is 0. The summed E-state index contributed by atoms with van der Waals surface area (Å²) in [7, 11) is 0. The number of aromatic nitrogens is 2. The minimum Gasteiger partial charge on any atom is -0.481 e. The average molecular weight is 211 g/mol. The van der Waals surface area contributed by atoms with Crippen LogP contribution in [0.15, 0.2) is 12.3 Å². The van der Waals surface area contributed by atoms with Crippen LogP contribution in [0.2, 0.25) is 0 Å². The Kier molecular flexibility index (Phi) is 4.33. The minimum absolute atomic E-state index is 0.154. The van der Waals surface area contributed by atoms with Crippen LogP contribution in [0.5, 0.6) is 6.01 Å². The maximum Gasteiger partial charge on any atom is 0.318 e. The number of nitrogens with zero attached hydrogens (tertiary/aromatic N) is 2. The van der Waals surface area contributed by atoms with Crippen molar-refractivity contribution in [2.75, 3.05) is 12.3 Å². The van der Waals surface area contributed by atoms with Crippen LogP contribution in [-0.2, 0) is 4.79 Å². The molecule has 0 saturated heterocycles. The lowest BCUT2D eigenvalue weighted by Gasteiger charge is -2.03. The van der Waals surface area contributed by atoms with Gasteiger partial charge in [-0.2, -0.15) is 4.98 Å². The Balaban J connectivity index is 2.17. The number of anilines is 1. The summed E-state index contributed by atoms with van der Waals surface area (Å²) in [5.74, 6) is -0.444. The predicted molar refractivity (Wildman–Crippen MR) is 53.4 cm³/mol. The van der Waals surface area contributed by atoms with E-state index in [1.165, 1.54) is 6.20 Å². The Labute approximate surface area is 87.1 Å². The van der Waals surface area contributed by atoms with Gasteiger partial charge in [0.25, 0.3) is 0 Å². The molecular weight excluding hydrogens is 198 g/mol. The quantitative estimate of drug-likeness (QED) is 0.672. The van der Waals surface area contributed by atoms with Crippen LogP contribution in [-0.4, -0.2) is 27.7 Å². The van der Waals surface area contributed by atoms with E-state index in [-0.39, 0.29) is 12.4 Å². The van der Waals surface area contributed by atoms with Gasteiger partial charge in [-0.25, -0.2) is 4.98 Å². The molecule has 0 spiro atoms. The molecule has 0 saturated carbocycles. The van der Waals surface area contributed by atoms with Crippen molar-refractivity contribution in [3.8, 4) is 6.01 Å². The summed E-state index contributed by atoms with van der Waals surface area (Å²) in [6.45, 7) is 0.400. The molecule has 1 aromatic heterocycles. The Morgan fingerprint density at radius 3 is 3.00 bits per heavy atom. The summed E-state index contributed by atoms with van der Waals surface area (Å²) in [6, 6.07) is 1.79. The topological polar surface area (TPSA) is 98.3 Å². The maximum atomic E-state index is 10.2. The number of unbranched alkanes of at least 4 members (excludes halogenated alkanes) is 1. The summed E-state index contributed by atoms with van der Waals surface area (Å²) in [5.41, 5.74) is 5.42. The van der Waals surface area contributed by atoms with Gasteiger partial charge in [0.15, 0.2) is 0 Å². The van der Waals surface area contributed by atoms with E-state index in [1.807, 2.05) is 0 Å². The first-order chi connectivity index (χ1) is 7.18. The van der Waals surface area contributed by atoms with Crippen molar-refractivity contribution >= 4 is 11.8 Å². The number of aliphatic carboxylic acids is 1. The molecule has 15 heavy (non-hydrogen) atoms. The molecule has 0 fully saturated rings. The number of nitrogen functional groups attached to an aromatic ring is 1. The molecule has 0 aliphatic carbocycles. The van der Waals surface area contributed by atoms with Crippen LogP contribution in [0.4, 0.5) is 5.82 Å². The maximum absolute atomic E-state index is 10.2. The number of hydrogen-bond donors (Lipinski definition) is 2. The number of carbonyl (C=O) groups is 1. The van der Waals surface area contributed by atoms with Crippen LogP contribution < -0.4 is 10.5 Å². The molecule has 0 amide bonds. The van der Waals surface area contributed by atoms with Crippen molar-refractivity contribution in [1.82, 2.24) is 9.97 Å². The summed E-state index contributed by atoms with van der Waals surface area (Å²) < 4.78 is 5.17. The van der Waals surface area contributed by atoms with Crippen molar-refractivity contribution in [2.24, 2.45) is 0 Å². The highest BCUT2D eigenvalue weighted by molar-refractivity contribution is 5.66. The minimum atomic E-state index is -0.796. The fraction of sp³-hybridized carbons (Fsp3) is 0.444. The third-order valence-corrected chi connectivity index (χ3v) is 1.67. The van der Waals surface area contributed by atoms with Gasteiger partial charge in [0.1, 0.15) is 5.82 Å². The second kappa shape index (κ2) is 5.79. The first-order valence-corrected chi connectivity index (χ1v) is 4.61. The molecule has 6 nitrogen and oxygen atoms in total. The number of ether oxygens (including phenoxy) is 1. The molecule has 1 heterocycles. The third-order valence-electron chi connectivity index (χ3n) is 1.67. The average Bonchev–Trinajstić information content (AvgIpc) is 2.17. The van der Waals surface area contributed by atoms with Gasteiger partial charge in [-0.1, -0.05) is 0 Å². The lowest BCUT2D eigenvalue weighted by molar-refractivity contribution is -0.137. The number of carboxylic acid groups (broad SMARTS) is 1. The summed E-state index contributed by atoms with van der Waals surface area (Å²) in [6.07, 6.45) is 2.90. The second-order valence-electron chi connectivity index (χ2n) is 2.96. The van der Waals surface area contributed by atoms with E-state index in [0.29, 0.717) is 25.3 Å². The predicted octanol–water partition coefficient (Wildman–Crippen LogP) is 0.692. The zero-order valence-electron chi connectivity index (χ0n) is 8.22. The Morgan fingerprint density at radius 1 is 1.53 bits per heavy atom. The van der Waals surface area contributed by atoms with Gasteiger partial charge in [-0.15, -0.1) is 0 Å². The van der Waals surface area contributed by atoms with Gasteiger partial charge in [-0.3, -0.25) is 4.79 Å². The highest BCUT2D eigenvalue weighted by Crippen LogP contribution is 2.05. The van der Waals surface area contributed by atoms with Gasteiger partial charge in [0, 0.05) is 12.6 Å². The third kappa shape index (κ3) is 4.80. The number of nitrogens with two attached hydrogens (primary N) is 1. The largest absolute Gasteiger partial charge is 0.481 e. The first-order valence-electron chi connectivity index (χ1n) is 4.61. The molecule has 0 bridgehead atoms. The van der Waals surface area contributed by atoms with Gasteiger partial charge < -0.3 is 15.6 Å². The van der Waals surface area contributed by atoms with Crippen LogP contribution in [0, 0.1) is 0 Å². The smallest absolute Gasteiger partial charge is 0.318 e. The molecule has 82 valence electrons. The fourth-order valence-electron chi connectivity index (χ4n) is 0.965. The molecule has 3 N–H and O–H groups in total. The molecule has 0 aliphatic heterocycles.